The van der Waals surface area contributed by atoms with Crippen molar-refractivity contribution >= 4 is 10.0 Å². The summed E-state index contributed by atoms with van der Waals surface area (Å²) in [6, 6.07) is 5.56. The molecule has 0 saturated carbocycles. The second kappa shape index (κ2) is 5.39. The van der Waals surface area contributed by atoms with Crippen molar-refractivity contribution in [2.75, 3.05) is 6.54 Å². The Morgan fingerprint density at radius 2 is 2.00 bits per heavy atom. The predicted molar refractivity (Wildman–Crippen MR) is 78.5 cm³/mol. The Balaban J connectivity index is 2.45. The van der Waals surface area contributed by atoms with Crippen LogP contribution in [-0.2, 0) is 10.0 Å². The average molecular weight is 310 g/mol. The van der Waals surface area contributed by atoms with E-state index in [4.69, 9.17) is 5.26 Å². The Hall–Kier alpha value is -1.45. The molecule has 4 nitrogen and oxygen atoms in total. The van der Waals surface area contributed by atoms with Gasteiger partial charge in [-0.3, -0.25) is 0 Å². The molecule has 1 heterocycles. The summed E-state index contributed by atoms with van der Waals surface area (Å²) in [6.45, 7) is 5.40. The molecular weight excluding hydrogens is 291 g/mol. The van der Waals surface area contributed by atoms with Gasteiger partial charge in [0.05, 0.1) is 16.4 Å². The highest BCUT2D eigenvalue weighted by Crippen LogP contribution is 2.38. The molecule has 1 aliphatic heterocycles. The number of rotatable bonds is 2. The molecule has 1 fully saturated rings. The molecule has 21 heavy (non-hydrogen) atoms. The quantitative estimate of drug-likeness (QED) is 0.843. The van der Waals surface area contributed by atoms with Crippen molar-refractivity contribution in [3.63, 3.8) is 0 Å². The Morgan fingerprint density at radius 3 is 2.57 bits per heavy atom. The molecular formula is C15H19FN2O2S. The Kier molecular flexibility index (Phi) is 4.09. The van der Waals surface area contributed by atoms with Crippen molar-refractivity contribution in [2.45, 2.75) is 44.4 Å². The van der Waals surface area contributed by atoms with E-state index in [0.717, 1.165) is 12.5 Å². The monoisotopic (exact) mass is 310 g/mol. The van der Waals surface area contributed by atoms with Crippen molar-refractivity contribution < 1.29 is 12.8 Å². The number of nitrogens with zero attached hydrogens (tertiary/aromatic N) is 2. The van der Waals surface area contributed by atoms with Crippen molar-refractivity contribution in [3.8, 4) is 6.07 Å². The highest BCUT2D eigenvalue weighted by atomic mass is 32.2. The van der Waals surface area contributed by atoms with Gasteiger partial charge in [0.25, 0.3) is 0 Å². The summed E-state index contributed by atoms with van der Waals surface area (Å²) in [5.74, 6) is -0.510. The second-order valence-electron chi connectivity index (χ2n) is 6.27. The molecule has 0 spiro atoms. The molecule has 0 radical (unpaired) electrons. The topological polar surface area (TPSA) is 61.2 Å². The van der Waals surface area contributed by atoms with Gasteiger partial charge in [-0.05, 0) is 57.4 Å². The molecule has 0 unspecified atom stereocenters. The third-order valence-electron chi connectivity index (χ3n) is 3.72. The molecule has 114 valence electrons. The first-order valence-corrected chi connectivity index (χ1v) is 8.33. The molecule has 2 rings (SSSR count). The van der Waals surface area contributed by atoms with Crippen LogP contribution in [0.3, 0.4) is 0 Å². The molecule has 0 amide bonds. The van der Waals surface area contributed by atoms with Gasteiger partial charge in [0.1, 0.15) is 5.82 Å². The van der Waals surface area contributed by atoms with Crippen molar-refractivity contribution in [2.24, 2.45) is 0 Å². The van der Waals surface area contributed by atoms with E-state index in [-0.39, 0.29) is 5.56 Å². The van der Waals surface area contributed by atoms with Crippen LogP contribution in [0.2, 0.25) is 0 Å². The number of halogens is 1. The summed E-state index contributed by atoms with van der Waals surface area (Å²) in [5, 5.41) is 8.94. The first-order valence-electron chi connectivity index (χ1n) is 6.89. The lowest BCUT2D eigenvalue weighted by molar-refractivity contribution is 0.380. The molecule has 1 atom stereocenters. The van der Waals surface area contributed by atoms with Crippen LogP contribution in [0, 0.1) is 17.1 Å². The first-order chi connectivity index (χ1) is 9.66. The highest BCUT2D eigenvalue weighted by molar-refractivity contribution is 7.90. The van der Waals surface area contributed by atoms with E-state index in [2.05, 4.69) is 0 Å². The third-order valence-corrected chi connectivity index (χ3v) is 6.32. The standard InChI is InChI=1S/C15H19FN2O2S/c1-15(2,3)21(19,20)18-6-4-5-14(18)12-7-11(10-17)8-13(16)9-12/h7-9,14H,4-6H2,1-3H3/t14-/m1/s1. The van der Waals surface area contributed by atoms with Crippen molar-refractivity contribution in [3.05, 3.63) is 35.1 Å². The normalized spacial score (nSPS) is 20.4. The van der Waals surface area contributed by atoms with E-state index in [9.17, 15) is 12.8 Å². The molecule has 0 aromatic heterocycles. The zero-order valence-electron chi connectivity index (χ0n) is 12.4. The van der Waals surface area contributed by atoms with Crippen molar-refractivity contribution in [1.29, 1.82) is 5.26 Å². The van der Waals surface area contributed by atoms with Gasteiger partial charge in [0.15, 0.2) is 0 Å². The first kappa shape index (κ1) is 15.9. The summed E-state index contributed by atoms with van der Waals surface area (Å²) in [4.78, 5) is 0. The second-order valence-corrected chi connectivity index (χ2v) is 8.92. The fourth-order valence-corrected chi connectivity index (χ4v) is 4.22. The molecule has 6 heteroatoms. The Labute approximate surface area is 125 Å². The number of hydrogen-bond donors (Lipinski definition) is 0. The smallest absolute Gasteiger partial charge is 0.212 e. The minimum Gasteiger partial charge on any atom is -0.212 e. The maximum Gasteiger partial charge on any atom is 0.219 e. The fraction of sp³-hybridized carbons (Fsp3) is 0.533. The Bertz CT molecular complexity index is 687. The van der Waals surface area contributed by atoms with Crippen LogP contribution in [0.25, 0.3) is 0 Å². The van der Waals surface area contributed by atoms with Gasteiger partial charge in [-0.15, -0.1) is 0 Å². The SMILES string of the molecule is CC(C)(C)S(=O)(=O)N1CCC[C@@H]1c1cc(F)cc(C#N)c1. The minimum absolute atomic E-state index is 0.213. The van der Waals surface area contributed by atoms with E-state index >= 15 is 0 Å². The van der Waals surface area contributed by atoms with Crippen LogP contribution >= 0.6 is 0 Å². The molecule has 0 N–H and O–H groups in total. The summed E-state index contributed by atoms with van der Waals surface area (Å²) in [7, 11) is -3.48. The van der Waals surface area contributed by atoms with Crippen LogP contribution in [0.4, 0.5) is 4.39 Å². The highest BCUT2D eigenvalue weighted by Gasteiger charge is 2.42. The van der Waals surface area contributed by atoms with Crippen LogP contribution in [0.1, 0.15) is 50.8 Å². The zero-order chi connectivity index (χ0) is 15.8. The van der Waals surface area contributed by atoms with Gasteiger partial charge < -0.3 is 0 Å². The van der Waals surface area contributed by atoms with Gasteiger partial charge in [0, 0.05) is 12.6 Å². The van der Waals surface area contributed by atoms with Gasteiger partial charge >= 0.3 is 0 Å². The third kappa shape index (κ3) is 2.94. The van der Waals surface area contributed by atoms with Gasteiger partial charge in [0.2, 0.25) is 10.0 Å². The maximum atomic E-state index is 13.6. The fourth-order valence-electron chi connectivity index (χ4n) is 2.58. The van der Waals surface area contributed by atoms with Gasteiger partial charge in [-0.2, -0.15) is 9.57 Å². The maximum absolute atomic E-state index is 13.6. The molecule has 0 aliphatic carbocycles. The molecule has 1 aromatic carbocycles. The summed E-state index contributed by atoms with van der Waals surface area (Å²) < 4.78 is 39.4. The van der Waals surface area contributed by atoms with Crippen LogP contribution in [-0.4, -0.2) is 24.0 Å². The molecule has 1 aromatic rings. The number of hydrogen-bond acceptors (Lipinski definition) is 3. The van der Waals surface area contributed by atoms with E-state index < -0.39 is 26.6 Å². The van der Waals surface area contributed by atoms with Crippen LogP contribution < -0.4 is 0 Å². The molecule has 0 bridgehead atoms. The van der Waals surface area contributed by atoms with E-state index in [1.165, 1.54) is 10.4 Å². The summed E-state index contributed by atoms with van der Waals surface area (Å²) in [6.07, 6.45) is 1.38. The van der Waals surface area contributed by atoms with Crippen LogP contribution in [0.15, 0.2) is 18.2 Å². The lowest BCUT2D eigenvalue weighted by atomic mass is 10.0. The van der Waals surface area contributed by atoms with E-state index in [1.54, 1.807) is 26.8 Å². The minimum atomic E-state index is -3.48. The Morgan fingerprint density at radius 1 is 1.33 bits per heavy atom. The largest absolute Gasteiger partial charge is 0.219 e. The lowest BCUT2D eigenvalue weighted by Gasteiger charge is -2.31. The van der Waals surface area contributed by atoms with Crippen LogP contribution in [0.5, 0.6) is 0 Å². The number of nitriles is 1. The van der Waals surface area contributed by atoms with E-state index in [1.807, 2.05) is 6.07 Å². The molecule has 1 saturated heterocycles. The summed E-state index contributed by atoms with van der Waals surface area (Å²) in [5.41, 5.74) is 0.766. The average Bonchev–Trinajstić information content (AvgIpc) is 2.86. The van der Waals surface area contributed by atoms with Gasteiger partial charge in [-0.25, -0.2) is 12.8 Å². The number of sulfonamides is 1. The lowest BCUT2D eigenvalue weighted by Crippen LogP contribution is -2.42. The van der Waals surface area contributed by atoms with Crippen molar-refractivity contribution in [1.82, 2.24) is 4.31 Å². The predicted octanol–water partition coefficient (Wildman–Crippen LogP) is 2.96. The zero-order valence-corrected chi connectivity index (χ0v) is 13.2. The summed E-state index contributed by atoms with van der Waals surface area (Å²) >= 11 is 0. The van der Waals surface area contributed by atoms with Gasteiger partial charge in [-0.1, -0.05) is 0 Å². The number of benzene rings is 1. The van der Waals surface area contributed by atoms with E-state index in [0.29, 0.717) is 18.5 Å². The molecule has 1 aliphatic rings.